The van der Waals surface area contributed by atoms with Gasteiger partial charge in [0.15, 0.2) is 0 Å². The Balaban J connectivity index is 1.91. The zero-order valence-electron chi connectivity index (χ0n) is 14.2. The molecule has 25 heavy (non-hydrogen) atoms. The standard InChI is InChI=1S/C17H21ClN2O4S/c1-3-5-12-10-15(19-24-12)16-6-4-9-20(16)25(21,22)13-7-8-17(23-2)14(18)11-13/h7-8,10-11,16H,3-6,9H2,1-2H3. The van der Waals surface area contributed by atoms with Gasteiger partial charge >= 0.3 is 0 Å². The summed E-state index contributed by atoms with van der Waals surface area (Å²) in [5, 5.41) is 4.36. The predicted molar refractivity (Wildman–Crippen MR) is 94.4 cm³/mol. The van der Waals surface area contributed by atoms with E-state index in [9.17, 15) is 8.42 Å². The van der Waals surface area contributed by atoms with Crippen LogP contribution in [0.15, 0.2) is 33.7 Å². The number of hydrogen-bond acceptors (Lipinski definition) is 5. The molecule has 0 saturated carbocycles. The third-order valence-corrected chi connectivity index (χ3v) is 6.55. The minimum atomic E-state index is -3.67. The molecule has 2 aromatic rings. The quantitative estimate of drug-likeness (QED) is 0.757. The molecule has 0 bridgehead atoms. The van der Waals surface area contributed by atoms with E-state index in [2.05, 4.69) is 12.1 Å². The molecular weight excluding hydrogens is 364 g/mol. The van der Waals surface area contributed by atoms with E-state index < -0.39 is 10.0 Å². The Morgan fingerprint density at radius 1 is 1.40 bits per heavy atom. The molecule has 3 rings (SSSR count). The first-order chi connectivity index (χ1) is 12.0. The maximum Gasteiger partial charge on any atom is 0.243 e. The van der Waals surface area contributed by atoms with Gasteiger partial charge < -0.3 is 9.26 Å². The zero-order valence-corrected chi connectivity index (χ0v) is 15.8. The van der Waals surface area contributed by atoms with Crippen molar-refractivity contribution in [2.75, 3.05) is 13.7 Å². The van der Waals surface area contributed by atoms with Crippen molar-refractivity contribution in [2.24, 2.45) is 0 Å². The van der Waals surface area contributed by atoms with Gasteiger partial charge in [-0.3, -0.25) is 0 Å². The highest BCUT2D eigenvalue weighted by molar-refractivity contribution is 7.89. The molecular formula is C17H21ClN2O4S. The maximum atomic E-state index is 13.1. The fraction of sp³-hybridized carbons (Fsp3) is 0.471. The second kappa shape index (κ2) is 7.35. The second-order valence-electron chi connectivity index (χ2n) is 6.04. The first kappa shape index (κ1) is 18.2. The van der Waals surface area contributed by atoms with Crippen LogP contribution in [0.4, 0.5) is 0 Å². The van der Waals surface area contributed by atoms with Gasteiger partial charge in [0.25, 0.3) is 0 Å². The third-order valence-electron chi connectivity index (χ3n) is 4.35. The SMILES string of the molecule is CCCc1cc(C2CCCN2S(=O)(=O)c2ccc(OC)c(Cl)c2)no1. The molecule has 1 atom stereocenters. The van der Waals surface area contributed by atoms with Crippen molar-refractivity contribution in [3.05, 3.63) is 40.7 Å². The van der Waals surface area contributed by atoms with Gasteiger partial charge in [0, 0.05) is 19.0 Å². The number of ether oxygens (including phenoxy) is 1. The van der Waals surface area contributed by atoms with Crippen molar-refractivity contribution in [3.8, 4) is 5.75 Å². The maximum absolute atomic E-state index is 13.1. The Hall–Kier alpha value is -1.57. The lowest BCUT2D eigenvalue weighted by atomic mass is 10.1. The fourth-order valence-electron chi connectivity index (χ4n) is 3.12. The number of methoxy groups -OCH3 is 1. The number of benzene rings is 1. The molecule has 136 valence electrons. The van der Waals surface area contributed by atoms with Crippen LogP contribution >= 0.6 is 11.6 Å². The monoisotopic (exact) mass is 384 g/mol. The van der Waals surface area contributed by atoms with Gasteiger partial charge in [-0.15, -0.1) is 0 Å². The lowest BCUT2D eigenvalue weighted by Gasteiger charge is -2.22. The van der Waals surface area contributed by atoms with Crippen LogP contribution in [0, 0.1) is 0 Å². The molecule has 1 aliphatic heterocycles. The summed E-state index contributed by atoms with van der Waals surface area (Å²) in [6.07, 6.45) is 3.25. The lowest BCUT2D eigenvalue weighted by molar-refractivity contribution is 0.343. The summed E-state index contributed by atoms with van der Waals surface area (Å²) in [4.78, 5) is 0.155. The Morgan fingerprint density at radius 2 is 2.20 bits per heavy atom. The van der Waals surface area contributed by atoms with Gasteiger partial charge in [-0.05, 0) is 37.5 Å². The minimum Gasteiger partial charge on any atom is -0.495 e. The Morgan fingerprint density at radius 3 is 2.88 bits per heavy atom. The van der Waals surface area contributed by atoms with Gasteiger partial charge in [-0.1, -0.05) is 23.7 Å². The van der Waals surface area contributed by atoms with E-state index in [0.29, 0.717) is 18.0 Å². The molecule has 0 radical (unpaired) electrons. The smallest absolute Gasteiger partial charge is 0.243 e. The summed E-state index contributed by atoms with van der Waals surface area (Å²) in [6, 6.07) is 6.07. The number of aryl methyl sites for hydroxylation is 1. The van der Waals surface area contributed by atoms with Crippen molar-refractivity contribution >= 4 is 21.6 Å². The molecule has 0 amide bonds. The van der Waals surface area contributed by atoms with E-state index in [-0.39, 0.29) is 16.0 Å². The molecule has 1 fully saturated rings. The van der Waals surface area contributed by atoms with Crippen LogP contribution in [0.1, 0.15) is 43.7 Å². The Labute approximate surface area is 152 Å². The average Bonchev–Trinajstić information content (AvgIpc) is 3.24. The normalized spacial score (nSPS) is 18.6. The van der Waals surface area contributed by atoms with Crippen LogP contribution in [0.2, 0.25) is 5.02 Å². The summed E-state index contributed by atoms with van der Waals surface area (Å²) >= 11 is 6.10. The van der Waals surface area contributed by atoms with E-state index in [1.807, 2.05) is 6.07 Å². The van der Waals surface area contributed by atoms with Crippen molar-refractivity contribution in [1.29, 1.82) is 0 Å². The lowest BCUT2D eigenvalue weighted by Crippen LogP contribution is -2.30. The highest BCUT2D eigenvalue weighted by atomic mass is 35.5. The average molecular weight is 385 g/mol. The molecule has 1 aromatic carbocycles. The van der Waals surface area contributed by atoms with Crippen LogP contribution in [0.3, 0.4) is 0 Å². The highest BCUT2D eigenvalue weighted by Crippen LogP contribution is 2.37. The van der Waals surface area contributed by atoms with E-state index in [1.54, 1.807) is 6.07 Å². The molecule has 1 aliphatic rings. The second-order valence-corrected chi connectivity index (χ2v) is 8.34. The number of halogens is 1. The highest BCUT2D eigenvalue weighted by Gasteiger charge is 2.38. The molecule has 1 unspecified atom stereocenters. The Bertz CT molecular complexity index is 850. The number of aromatic nitrogens is 1. The molecule has 2 heterocycles. The first-order valence-corrected chi connectivity index (χ1v) is 10.1. The van der Waals surface area contributed by atoms with E-state index in [4.69, 9.17) is 20.9 Å². The van der Waals surface area contributed by atoms with E-state index >= 15 is 0 Å². The molecule has 1 saturated heterocycles. The topological polar surface area (TPSA) is 72.6 Å². The van der Waals surface area contributed by atoms with Gasteiger partial charge in [-0.2, -0.15) is 4.31 Å². The molecule has 8 heteroatoms. The summed E-state index contributed by atoms with van der Waals surface area (Å²) in [6.45, 7) is 2.51. The fourth-order valence-corrected chi connectivity index (χ4v) is 5.13. The van der Waals surface area contributed by atoms with Gasteiger partial charge in [0.05, 0.1) is 23.1 Å². The van der Waals surface area contributed by atoms with Crippen LogP contribution in [-0.2, 0) is 16.4 Å². The van der Waals surface area contributed by atoms with Gasteiger partial charge in [0.2, 0.25) is 10.0 Å². The van der Waals surface area contributed by atoms with Gasteiger partial charge in [0.1, 0.15) is 17.2 Å². The molecule has 6 nitrogen and oxygen atoms in total. The van der Waals surface area contributed by atoms with Crippen molar-refractivity contribution in [1.82, 2.24) is 9.46 Å². The van der Waals surface area contributed by atoms with Crippen LogP contribution < -0.4 is 4.74 Å². The summed E-state index contributed by atoms with van der Waals surface area (Å²) < 4.78 is 38.0. The van der Waals surface area contributed by atoms with E-state index in [0.717, 1.165) is 31.4 Å². The minimum absolute atomic E-state index is 0.155. The predicted octanol–water partition coefficient (Wildman–Crippen LogP) is 3.81. The van der Waals surface area contributed by atoms with Gasteiger partial charge in [-0.25, -0.2) is 8.42 Å². The Kier molecular flexibility index (Phi) is 5.36. The van der Waals surface area contributed by atoms with Crippen molar-refractivity contribution in [3.63, 3.8) is 0 Å². The van der Waals surface area contributed by atoms with Crippen molar-refractivity contribution in [2.45, 2.75) is 43.5 Å². The number of hydrogen-bond donors (Lipinski definition) is 0. The van der Waals surface area contributed by atoms with Crippen molar-refractivity contribution < 1.29 is 17.7 Å². The number of nitrogens with zero attached hydrogens (tertiary/aromatic N) is 2. The van der Waals surface area contributed by atoms with E-state index in [1.165, 1.54) is 23.5 Å². The zero-order chi connectivity index (χ0) is 18.0. The molecule has 0 N–H and O–H groups in total. The van der Waals surface area contributed by atoms with Crippen LogP contribution in [0.5, 0.6) is 5.75 Å². The number of rotatable bonds is 6. The molecule has 0 spiro atoms. The summed E-state index contributed by atoms with van der Waals surface area (Å²) in [5.74, 6) is 1.23. The molecule has 1 aromatic heterocycles. The summed E-state index contributed by atoms with van der Waals surface area (Å²) in [7, 11) is -2.18. The van der Waals surface area contributed by atoms with Crippen LogP contribution in [-0.4, -0.2) is 31.5 Å². The largest absolute Gasteiger partial charge is 0.495 e. The van der Waals surface area contributed by atoms with Crippen LogP contribution in [0.25, 0.3) is 0 Å². The molecule has 0 aliphatic carbocycles. The first-order valence-electron chi connectivity index (χ1n) is 8.28. The summed E-state index contributed by atoms with van der Waals surface area (Å²) in [5.41, 5.74) is 0.670. The third kappa shape index (κ3) is 3.54. The number of sulfonamides is 1.